The Morgan fingerprint density at radius 3 is 2.56 bits per heavy atom. The third kappa shape index (κ3) is 3.88. The van der Waals surface area contributed by atoms with Gasteiger partial charge in [0.15, 0.2) is 10.9 Å². The lowest BCUT2D eigenvalue weighted by atomic mass is 9.89. The van der Waals surface area contributed by atoms with E-state index in [1.807, 2.05) is 80.3 Å². The molecule has 1 aliphatic rings. The molecule has 0 saturated heterocycles. The third-order valence-electron chi connectivity index (χ3n) is 4.70. The SMILES string of the molecule is CCOc1cccc(C2NC(=S)N(CC)C(C)=C2C(=O)c2ccccc2)c1. The van der Waals surface area contributed by atoms with Crippen LogP contribution in [0.4, 0.5) is 0 Å². The molecule has 1 N–H and O–H groups in total. The summed E-state index contributed by atoms with van der Waals surface area (Å²) in [7, 11) is 0. The maximum absolute atomic E-state index is 13.4. The summed E-state index contributed by atoms with van der Waals surface area (Å²) in [6.45, 7) is 7.24. The summed E-state index contributed by atoms with van der Waals surface area (Å²) < 4.78 is 5.64. The highest BCUT2D eigenvalue weighted by Gasteiger charge is 2.33. The van der Waals surface area contributed by atoms with Crippen molar-refractivity contribution >= 4 is 23.1 Å². The van der Waals surface area contributed by atoms with E-state index in [0.717, 1.165) is 17.0 Å². The van der Waals surface area contributed by atoms with Crippen molar-refractivity contribution in [1.29, 1.82) is 0 Å². The molecule has 0 saturated carbocycles. The summed E-state index contributed by atoms with van der Waals surface area (Å²) in [5.74, 6) is 0.790. The minimum absolute atomic E-state index is 0.00774. The Labute approximate surface area is 165 Å². The Hall–Kier alpha value is -2.66. The van der Waals surface area contributed by atoms with E-state index in [2.05, 4.69) is 5.32 Å². The summed E-state index contributed by atoms with van der Waals surface area (Å²) in [6.07, 6.45) is 0. The predicted octanol–water partition coefficient (Wildman–Crippen LogP) is 4.49. The predicted molar refractivity (Wildman–Crippen MR) is 112 cm³/mol. The second kappa shape index (κ2) is 8.35. The van der Waals surface area contributed by atoms with Gasteiger partial charge in [-0.2, -0.15) is 0 Å². The Morgan fingerprint density at radius 1 is 1.15 bits per heavy atom. The summed E-state index contributed by atoms with van der Waals surface area (Å²) in [6, 6.07) is 16.9. The van der Waals surface area contributed by atoms with Crippen molar-refractivity contribution in [2.45, 2.75) is 26.8 Å². The minimum atomic E-state index is -0.312. The minimum Gasteiger partial charge on any atom is -0.494 e. The fourth-order valence-corrected chi connectivity index (χ4v) is 3.79. The van der Waals surface area contributed by atoms with Gasteiger partial charge in [0.25, 0.3) is 0 Å². The van der Waals surface area contributed by atoms with Crippen LogP contribution >= 0.6 is 12.2 Å². The molecule has 3 rings (SSSR count). The highest BCUT2D eigenvalue weighted by molar-refractivity contribution is 7.80. The van der Waals surface area contributed by atoms with E-state index in [4.69, 9.17) is 17.0 Å². The van der Waals surface area contributed by atoms with Gasteiger partial charge in [0.05, 0.1) is 12.6 Å². The number of benzene rings is 2. The Bertz CT molecular complexity index is 877. The fraction of sp³-hybridized carbons (Fsp3) is 0.273. The van der Waals surface area contributed by atoms with E-state index in [1.165, 1.54) is 0 Å². The molecule has 0 fully saturated rings. The molecule has 0 aromatic heterocycles. The molecular weight excluding hydrogens is 356 g/mol. The molecule has 0 aliphatic carbocycles. The smallest absolute Gasteiger partial charge is 0.193 e. The van der Waals surface area contributed by atoms with Gasteiger partial charge in [0.1, 0.15) is 5.75 Å². The van der Waals surface area contributed by atoms with Crippen molar-refractivity contribution in [3.05, 3.63) is 77.0 Å². The van der Waals surface area contributed by atoms with Gasteiger partial charge in [-0.1, -0.05) is 42.5 Å². The van der Waals surface area contributed by atoms with E-state index in [9.17, 15) is 4.79 Å². The summed E-state index contributed by atoms with van der Waals surface area (Å²) >= 11 is 5.56. The van der Waals surface area contributed by atoms with Crippen molar-refractivity contribution in [3.8, 4) is 5.75 Å². The number of carbonyl (C=O) groups is 1. The number of rotatable bonds is 6. The molecule has 0 spiro atoms. The maximum atomic E-state index is 13.4. The molecule has 2 aromatic carbocycles. The highest BCUT2D eigenvalue weighted by atomic mass is 32.1. The number of thiocarbonyl (C=S) groups is 1. The zero-order chi connectivity index (χ0) is 19.4. The van der Waals surface area contributed by atoms with E-state index >= 15 is 0 Å². The first-order chi connectivity index (χ1) is 13.1. The number of hydrogen-bond donors (Lipinski definition) is 1. The number of nitrogens with zero attached hydrogens (tertiary/aromatic N) is 1. The first-order valence-electron chi connectivity index (χ1n) is 9.18. The number of allylic oxidation sites excluding steroid dienone is 1. The highest BCUT2D eigenvalue weighted by Crippen LogP contribution is 2.34. The maximum Gasteiger partial charge on any atom is 0.193 e. The molecular formula is C22H24N2O2S. The number of ketones is 1. The van der Waals surface area contributed by atoms with Gasteiger partial charge < -0.3 is 15.0 Å². The first kappa shape index (κ1) is 19.1. The standard InChI is InChI=1S/C22H24N2O2S/c1-4-24-15(3)19(21(25)16-10-7-6-8-11-16)20(23-22(24)27)17-12-9-13-18(14-17)26-5-2/h6-14,20H,4-5H2,1-3H3,(H,23,27). The van der Waals surface area contributed by atoms with E-state index in [1.54, 1.807) is 0 Å². The molecule has 1 heterocycles. The largest absolute Gasteiger partial charge is 0.494 e. The average Bonchev–Trinajstić information content (AvgIpc) is 2.68. The van der Waals surface area contributed by atoms with Crippen molar-refractivity contribution < 1.29 is 9.53 Å². The second-order valence-corrected chi connectivity index (χ2v) is 6.71. The molecule has 0 amide bonds. The summed E-state index contributed by atoms with van der Waals surface area (Å²) in [5, 5.41) is 3.99. The van der Waals surface area contributed by atoms with Gasteiger partial charge in [-0.05, 0) is 50.7 Å². The van der Waals surface area contributed by atoms with Crippen LogP contribution in [0.2, 0.25) is 0 Å². The second-order valence-electron chi connectivity index (χ2n) is 6.33. The van der Waals surface area contributed by atoms with Crippen molar-refractivity contribution in [2.24, 2.45) is 0 Å². The summed E-state index contributed by atoms with van der Waals surface area (Å²) in [5.41, 5.74) is 3.23. The molecule has 4 nitrogen and oxygen atoms in total. The average molecular weight is 381 g/mol. The number of hydrogen-bond acceptors (Lipinski definition) is 3. The third-order valence-corrected chi connectivity index (χ3v) is 5.03. The van der Waals surface area contributed by atoms with Crippen molar-refractivity contribution in [3.63, 3.8) is 0 Å². The topological polar surface area (TPSA) is 41.6 Å². The quantitative estimate of drug-likeness (QED) is 0.591. The fourth-order valence-electron chi connectivity index (χ4n) is 3.40. The van der Waals surface area contributed by atoms with E-state index in [-0.39, 0.29) is 11.8 Å². The van der Waals surface area contributed by atoms with Gasteiger partial charge in [-0.25, -0.2) is 0 Å². The summed E-state index contributed by atoms with van der Waals surface area (Å²) in [4.78, 5) is 15.3. The van der Waals surface area contributed by atoms with Crippen LogP contribution in [0.3, 0.4) is 0 Å². The normalized spacial score (nSPS) is 16.9. The zero-order valence-corrected chi connectivity index (χ0v) is 16.7. The molecule has 1 atom stereocenters. The first-order valence-corrected chi connectivity index (χ1v) is 9.59. The van der Waals surface area contributed by atoms with Crippen molar-refractivity contribution in [1.82, 2.24) is 10.2 Å². The molecule has 1 unspecified atom stereocenters. The molecule has 0 radical (unpaired) electrons. The molecule has 27 heavy (non-hydrogen) atoms. The van der Waals surface area contributed by atoms with Gasteiger partial charge in [-0.15, -0.1) is 0 Å². The monoisotopic (exact) mass is 380 g/mol. The van der Waals surface area contributed by atoms with Crippen LogP contribution in [0.5, 0.6) is 5.75 Å². The zero-order valence-electron chi connectivity index (χ0n) is 15.9. The lowest BCUT2D eigenvalue weighted by molar-refractivity contribution is 0.102. The number of nitrogens with one attached hydrogen (secondary N) is 1. The Balaban J connectivity index is 2.10. The number of ether oxygens (including phenoxy) is 1. The number of Topliss-reactive ketones (excluding diaryl/α,β-unsaturated/α-hetero) is 1. The van der Waals surface area contributed by atoms with E-state index in [0.29, 0.717) is 29.4 Å². The van der Waals surface area contributed by atoms with Crippen LogP contribution in [0.25, 0.3) is 0 Å². The van der Waals surface area contributed by atoms with Crippen LogP contribution in [-0.2, 0) is 0 Å². The number of carbonyl (C=O) groups excluding carboxylic acids is 1. The van der Waals surface area contributed by atoms with Crippen LogP contribution in [0.15, 0.2) is 65.9 Å². The Kier molecular flexibility index (Phi) is 5.91. The van der Waals surface area contributed by atoms with Crippen LogP contribution in [0, 0.1) is 0 Å². The van der Waals surface area contributed by atoms with Gasteiger partial charge in [0.2, 0.25) is 0 Å². The van der Waals surface area contributed by atoms with Gasteiger partial charge in [-0.3, -0.25) is 4.79 Å². The van der Waals surface area contributed by atoms with Crippen LogP contribution in [0.1, 0.15) is 42.7 Å². The van der Waals surface area contributed by atoms with Gasteiger partial charge >= 0.3 is 0 Å². The lowest BCUT2D eigenvalue weighted by Crippen LogP contribution is -2.47. The molecule has 1 aliphatic heterocycles. The van der Waals surface area contributed by atoms with Gasteiger partial charge in [0, 0.05) is 23.4 Å². The van der Waals surface area contributed by atoms with E-state index < -0.39 is 0 Å². The molecule has 140 valence electrons. The molecule has 0 bridgehead atoms. The Morgan fingerprint density at radius 2 is 1.89 bits per heavy atom. The van der Waals surface area contributed by atoms with Crippen molar-refractivity contribution in [2.75, 3.05) is 13.2 Å². The van der Waals surface area contributed by atoms with Crippen LogP contribution < -0.4 is 10.1 Å². The lowest BCUT2D eigenvalue weighted by Gasteiger charge is -2.37. The molecule has 5 heteroatoms. The molecule has 2 aromatic rings. The van der Waals surface area contributed by atoms with Crippen LogP contribution in [-0.4, -0.2) is 28.9 Å².